The molecular weight excluding hydrogens is 278 g/mol. The van der Waals surface area contributed by atoms with Crippen LogP contribution >= 0.6 is 15.9 Å². The highest BCUT2D eigenvalue weighted by atomic mass is 79.9. The molecule has 0 aromatic carbocycles. The molecule has 1 N–H and O–H groups in total. The molecule has 0 saturated heterocycles. The average molecular weight is 300 g/mol. The van der Waals surface area contributed by atoms with E-state index in [4.69, 9.17) is 4.42 Å². The van der Waals surface area contributed by atoms with Crippen LogP contribution < -0.4 is 5.32 Å². The summed E-state index contributed by atoms with van der Waals surface area (Å²) in [7, 11) is 0. The van der Waals surface area contributed by atoms with Gasteiger partial charge in [0.25, 0.3) is 0 Å². The molecule has 0 amide bonds. The lowest BCUT2D eigenvalue weighted by Gasteiger charge is -2.18. The molecule has 2 nitrogen and oxygen atoms in total. The van der Waals surface area contributed by atoms with Crippen molar-refractivity contribution in [3.63, 3.8) is 0 Å². The van der Waals surface area contributed by atoms with E-state index in [1.165, 1.54) is 38.5 Å². The molecule has 1 fully saturated rings. The first-order valence-corrected chi connectivity index (χ1v) is 7.56. The quantitative estimate of drug-likeness (QED) is 0.826. The van der Waals surface area contributed by atoms with E-state index in [-0.39, 0.29) is 0 Å². The van der Waals surface area contributed by atoms with Gasteiger partial charge in [-0.15, -0.1) is 0 Å². The Morgan fingerprint density at radius 1 is 1.47 bits per heavy atom. The summed E-state index contributed by atoms with van der Waals surface area (Å²) >= 11 is 3.56. The van der Waals surface area contributed by atoms with E-state index in [2.05, 4.69) is 28.2 Å². The van der Waals surface area contributed by atoms with Crippen LogP contribution in [0.1, 0.15) is 57.3 Å². The first-order valence-electron chi connectivity index (χ1n) is 6.77. The Morgan fingerprint density at radius 3 is 2.82 bits per heavy atom. The second-order valence-corrected chi connectivity index (χ2v) is 5.83. The zero-order valence-corrected chi connectivity index (χ0v) is 12.1. The van der Waals surface area contributed by atoms with E-state index < -0.39 is 0 Å². The van der Waals surface area contributed by atoms with Crippen LogP contribution in [-0.4, -0.2) is 6.54 Å². The van der Waals surface area contributed by atoms with E-state index in [9.17, 15) is 0 Å². The van der Waals surface area contributed by atoms with Gasteiger partial charge in [-0.2, -0.15) is 0 Å². The Morgan fingerprint density at radius 2 is 2.24 bits per heavy atom. The van der Waals surface area contributed by atoms with Crippen LogP contribution in [0.5, 0.6) is 0 Å². The van der Waals surface area contributed by atoms with Crippen LogP contribution in [0, 0.1) is 5.92 Å². The van der Waals surface area contributed by atoms with E-state index in [0.717, 1.165) is 22.7 Å². The van der Waals surface area contributed by atoms with Crippen molar-refractivity contribution < 1.29 is 4.42 Å². The Balaban J connectivity index is 1.90. The first kappa shape index (κ1) is 13.2. The largest absolute Gasteiger partial charge is 0.466 e. The maximum atomic E-state index is 5.58. The van der Waals surface area contributed by atoms with E-state index in [0.29, 0.717) is 6.04 Å². The van der Waals surface area contributed by atoms with Crippen molar-refractivity contribution in [1.82, 2.24) is 5.32 Å². The number of hydrogen-bond donors (Lipinski definition) is 1. The summed E-state index contributed by atoms with van der Waals surface area (Å²) in [5, 5.41) is 3.53. The molecule has 2 rings (SSSR count). The average Bonchev–Trinajstić information content (AvgIpc) is 2.95. The van der Waals surface area contributed by atoms with Crippen LogP contribution in [0.25, 0.3) is 0 Å². The third-order valence-electron chi connectivity index (χ3n) is 3.75. The van der Waals surface area contributed by atoms with Gasteiger partial charge in [0.2, 0.25) is 0 Å². The van der Waals surface area contributed by atoms with Crippen molar-refractivity contribution >= 4 is 15.9 Å². The van der Waals surface area contributed by atoms with Gasteiger partial charge >= 0.3 is 0 Å². The standard InChI is InChI=1S/C14H22BrNO/c1-2-16-13(14-12(15)9-10-17-14)8-7-11-5-3-4-6-11/h9-11,13,16H,2-8H2,1H3. The lowest BCUT2D eigenvalue weighted by atomic mass is 9.97. The monoisotopic (exact) mass is 299 g/mol. The van der Waals surface area contributed by atoms with Gasteiger partial charge < -0.3 is 9.73 Å². The normalized spacial score (nSPS) is 18.7. The zero-order valence-electron chi connectivity index (χ0n) is 10.5. The van der Waals surface area contributed by atoms with E-state index >= 15 is 0 Å². The van der Waals surface area contributed by atoms with Crippen molar-refractivity contribution in [3.05, 3.63) is 22.6 Å². The van der Waals surface area contributed by atoms with Crippen LogP contribution in [0.4, 0.5) is 0 Å². The van der Waals surface area contributed by atoms with Crippen LogP contribution in [-0.2, 0) is 0 Å². The molecule has 0 spiro atoms. The lowest BCUT2D eigenvalue weighted by molar-refractivity contribution is 0.362. The van der Waals surface area contributed by atoms with Crippen LogP contribution in [0.2, 0.25) is 0 Å². The molecule has 1 unspecified atom stereocenters. The molecule has 0 bridgehead atoms. The highest BCUT2D eigenvalue weighted by Crippen LogP contribution is 2.33. The van der Waals surface area contributed by atoms with Gasteiger partial charge in [0.1, 0.15) is 5.76 Å². The van der Waals surface area contributed by atoms with E-state index in [1.807, 2.05) is 6.07 Å². The summed E-state index contributed by atoms with van der Waals surface area (Å²) in [4.78, 5) is 0. The SMILES string of the molecule is CCNC(CCC1CCCC1)c1occc1Br. The molecule has 1 heterocycles. The summed E-state index contributed by atoms with van der Waals surface area (Å²) in [5.74, 6) is 2.01. The molecule has 1 atom stereocenters. The molecule has 1 aliphatic carbocycles. The third kappa shape index (κ3) is 3.59. The summed E-state index contributed by atoms with van der Waals surface area (Å²) in [6, 6.07) is 2.35. The molecular formula is C14H22BrNO. The smallest absolute Gasteiger partial charge is 0.134 e. The van der Waals surface area contributed by atoms with Gasteiger partial charge in [-0.25, -0.2) is 0 Å². The molecule has 0 radical (unpaired) electrons. The predicted molar refractivity (Wildman–Crippen MR) is 74.0 cm³/mol. The Kier molecular flexibility index (Phi) is 5.11. The third-order valence-corrected chi connectivity index (χ3v) is 4.41. The van der Waals surface area contributed by atoms with Crippen molar-refractivity contribution in [2.75, 3.05) is 6.54 Å². The fourth-order valence-corrected chi connectivity index (χ4v) is 3.31. The molecule has 1 saturated carbocycles. The van der Waals surface area contributed by atoms with Gasteiger partial charge in [0.05, 0.1) is 16.8 Å². The first-order chi connectivity index (χ1) is 8.31. The zero-order chi connectivity index (χ0) is 12.1. The summed E-state index contributed by atoms with van der Waals surface area (Å²) in [6.07, 6.45) is 9.99. The topological polar surface area (TPSA) is 25.2 Å². The van der Waals surface area contributed by atoms with Gasteiger partial charge in [-0.1, -0.05) is 32.6 Å². The fourth-order valence-electron chi connectivity index (χ4n) is 2.83. The molecule has 3 heteroatoms. The lowest BCUT2D eigenvalue weighted by Crippen LogP contribution is -2.21. The van der Waals surface area contributed by atoms with Crippen LogP contribution in [0.3, 0.4) is 0 Å². The minimum Gasteiger partial charge on any atom is -0.466 e. The predicted octanol–water partition coefficient (Wildman–Crippen LogP) is 4.66. The Hall–Kier alpha value is -0.280. The summed E-state index contributed by atoms with van der Waals surface area (Å²) in [6.45, 7) is 3.14. The second-order valence-electron chi connectivity index (χ2n) is 4.97. The van der Waals surface area contributed by atoms with Crippen molar-refractivity contribution in [3.8, 4) is 0 Å². The number of rotatable bonds is 6. The molecule has 96 valence electrons. The van der Waals surface area contributed by atoms with Crippen molar-refractivity contribution in [2.45, 2.75) is 51.5 Å². The molecule has 0 aliphatic heterocycles. The summed E-state index contributed by atoms with van der Waals surface area (Å²) in [5.41, 5.74) is 0. The Bertz CT molecular complexity index is 331. The fraction of sp³-hybridized carbons (Fsp3) is 0.714. The maximum absolute atomic E-state index is 5.58. The van der Waals surface area contributed by atoms with Crippen LogP contribution in [0.15, 0.2) is 21.2 Å². The minimum atomic E-state index is 0.366. The highest BCUT2D eigenvalue weighted by molar-refractivity contribution is 9.10. The highest BCUT2D eigenvalue weighted by Gasteiger charge is 2.20. The number of furan rings is 1. The summed E-state index contributed by atoms with van der Waals surface area (Å²) < 4.78 is 6.68. The van der Waals surface area contributed by atoms with Gasteiger partial charge in [0.15, 0.2) is 0 Å². The van der Waals surface area contributed by atoms with Crippen molar-refractivity contribution in [2.24, 2.45) is 5.92 Å². The van der Waals surface area contributed by atoms with Gasteiger partial charge in [-0.05, 0) is 47.3 Å². The number of nitrogens with one attached hydrogen (secondary N) is 1. The number of hydrogen-bond acceptors (Lipinski definition) is 2. The molecule has 17 heavy (non-hydrogen) atoms. The Labute approximate surface area is 112 Å². The van der Waals surface area contributed by atoms with E-state index in [1.54, 1.807) is 6.26 Å². The minimum absolute atomic E-state index is 0.366. The molecule has 1 aromatic heterocycles. The number of halogens is 1. The molecule has 1 aromatic rings. The maximum Gasteiger partial charge on any atom is 0.134 e. The van der Waals surface area contributed by atoms with Gasteiger partial charge in [0, 0.05) is 0 Å². The molecule has 1 aliphatic rings. The van der Waals surface area contributed by atoms with Gasteiger partial charge in [-0.3, -0.25) is 0 Å². The van der Waals surface area contributed by atoms with Crippen molar-refractivity contribution in [1.29, 1.82) is 0 Å². The second kappa shape index (κ2) is 6.60.